The molecule has 4 heteroatoms. The zero-order valence-electron chi connectivity index (χ0n) is 10.6. The molecule has 0 radical (unpaired) electrons. The number of hydrogen-bond acceptors (Lipinski definition) is 3. The number of ether oxygens (including phenoxy) is 1. The summed E-state index contributed by atoms with van der Waals surface area (Å²) < 4.78 is 4.94. The predicted octanol–water partition coefficient (Wildman–Crippen LogP) is 3.12. The summed E-state index contributed by atoms with van der Waals surface area (Å²) in [5.74, 6) is -0.282. The molecule has 0 saturated heterocycles. The Hall–Kier alpha value is -1.34. The van der Waals surface area contributed by atoms with Crippen LogP contribution in [0, 0.1) is 11.3 Å². The summed E-state index contributed by atoms with van der Waals surface area (Å²) in [4.78, 5) is 11.6. The van der Waals surface area contributed by atoms with Gasteiger partial charge in [0.05, 0.1) is 24.7 Å². The highest BCUT2D eigenvalue weighted by atomic mass is 79.9. The van der Waals surface area contributed by atoms with Crippen molar-refractivity contribution in [2.45, 2.75) is 32.0 Å². The number of carbonyl (C=O) groups excluding carboxylic acids is 1. The number of aryl methyl sites for hydroxylation is 1. The molecule has 0 aliphatic carbocycles. The number of hydrogen-bond donors (Lipinski definition) is 0. The van der Waals surface area contributed by atoms with Crippen molar-refractivity contribution in [1.29, 1.82) is 5.26 Å². The first-order chi connectivity index (χ1) is 8.65. The third kappa shape index (κ3) is 3.58. The van der Waals surface area contributed by atoms with E-state index in [1.165, 1.54) is 0 Å². The van der Waals surface area contributed by atoms with Crippen molar-refractivity contribution < 1.29 is 9.53 Å². The van der Waals surface area contributed by atoms with Gasteiger partial charge in [-0.15, -0.1) is 0 Å². The van der Waals surface area contributed by atoms with Crippen LogP contribution in [0.25, 0.3) is 0 Å². The number of esters is 1. The minimum absolute atomic E-state index is 0.169. The van der Waals surface area contributed by atoms with Crippen LogP contribution in [0.5, 0.6) is 0 Å². The van der Waals surface area contributed by atoms with Gasteiger partial charge in [-0.3, -0.25) is 4.79 Å². The first-order valence-electron chi connectivity index (χ1n) is 5.92. The van der Waals surface area contributed by atoms with Crippen LogP contribution in [-0.4, -0.2) is 12.6 Å². The molecule has 1 aromatic carbocycles. The zero-order valence-corrected chi connectivity index (χ0v) is 12.2. The first kappa shape index (κ1) is 14.7. The Kier molecular flexibility index (Phi) is 5.87. The second kappa shape index (κ2) is 7.17. The van der Waals surface area contributed by atoms with E-state index in [2.05, 4.69) is 22.0 Å². The summed E-state index contributed by atoms with van der Waals surface area (Å²) >= 11 is 3.38. The Labute approximate surface area is 116 Å². The molecule has 0 aliphatic heterocycles. The molecule has 0 amide bonds. The molecule has 0 atom stereocenters. The molecule has 1 rings (SSSR count). The highest BCUT2D eigenvalue weighted by Crippen LogP contribution is 2.21. The summed E-state index contributed by atoms with van der Waals surface area (Å²) in [6.07, 6.45) is 0.965. The SMILES string of the molecule is CCOC(=O)Cc1c(C#N)cc(CBr)cc1CC. The van der Waals surface area contributed by atoms with Gasteiger partial charge >= 0.3 is 5.97 Å². The third-order valence-electron chi connectivity index (χ3n) is 2.68. The number of benzene rings is 1. The van der Waals surface area contributed by atoms with E-state index in [1.807, 2.05) is 19.1 Å². The fourth-order valence-corrected chi connectivity index (χ4v) is 2.18. The molecular formula is C14H16BrNO2. The molecular weight excluding hydrogens is 294 g/mol. The van der Waals surface area contributed by atoms with Crippen molar-refractivity contribution in [3.05, 3.63) is 34.4 Å². The van der Waals surface area contributed by atoms with Crippen LogP contribution in [0.4, 0.5) is 0 Å². The van der Waals surface area contributed by atoms with Gasteiger partial charge in [-0.2, -0.15) is 5.26 Å². The summed E-state index contributed by atoms with van der Waals surface area (Å²) in [6, 6.07) is 6.02. The number of alkyl halides is 1. The molecule has 0 unspecified atom stereocenters. The Balaban J connectivity index is 3.15. The average molecular weight is 310 g/mol. The van der Waals surface area contributed by atoms with Crippen LogP contribution in [0.2, 0.25) is 0 Å². The molecule has 0 saturated carbocycles. The van der Waals surface area contributed by atoms with Gasteiger partial charge in [-0.25, -0.2) is 0 Å². The fraction of sp³-hybridized carbons (Fsp3) is 0.429. The molecule has 0 aliphatic rings. The van der Waals surface area contributed by atoms with E-state index in [-0.39, 0.29) is 12.4 Å². The number of halogens is 1. The number of nitrogens with zero attached hydrogens (tertiary/aromatic N) is 1. The van der Waals surface area contributed by atoms with E-state index >= 15 is 0 Å². The van der Waals surface area contributed by atoms with E-state index in [1.54, 1.807) is 6.92 Å². The first-order valence-corrected chi connectivity index (χ1v) is 7.04. The normalized spacial score (nSPS) is 9.89. The van der Waals surface area contributed by atoms with Crippen LogP contribution >= 0.6 is 15.9 Å². The number of nitriles is 1. The van der Waals surface area contributed by atoms with E-state index in [4.69, 9.17) is 4.74 Å². The van der Waals surface area contributed by atoms with Crippen molar-refractivity contribution in [2.24, 2.45) is 0 Å². The van der Waals surface area contributed by atoms with Crippen molar-refractivity contribution in [1.82, 2.24) is 0 Å². The van der Waals surface area contributed by atoms with Crippen LogP contribution in [0.3, 0.4) is 0 Å². The topological polar surface area (TPSA) is 50.1 Å². The lowest BCUT2D eigenvalue weighted by Gasteiger charge is -2.11. The van der Waals surface area contributed by atoms with Crippen molar-refractivity contribution >= 4 is 21.9 Å². The maximum Gasteiger partial charge on any atom is 0.310 e. The highest BCUT2D eigenvalue weighted by molar-refractivity contribution is 9.08. The lowest BCUT2D eigenvalue weighted by atomic mass is 9.95. The van der Waals surface area contributed by atoms with E-state index in [9.17, 15) is 10.1 Å². The van der Waals surface area contributed by atoms with E-state index in [0.29, 0.717) is 17.5 Å². The van der Waals surface area contributed by atoms with Crippen LogP contribution < -0.4 is 0 Å². The van der Waals surface area contributed by atoms with Gasteiger partial charge in [0.2, 0.25) is 0 Å². The minimum Gasteiger partial charge on any atom is -0.466 e. The molecule has 0 aromatic heterocycles. The summed E-state index contributed by atoms with van der Waals surface area (Å²) in [6.45, 7) is 4.16. The van der Waals surface area contributed by atoms with Gasteiger partial charge in [0.15, 0.2) is 0 Å². The van der Waals surface area contributed by atoms with Gasteiger partial charge in [0.25, 0.3) is 0 Å². The summed E-state index contributed by atoms with van der Waals surface area (Å²) in [7, 11) is 0. The lowest BCUT2D eigenvalue weighted by Crippen LogP contribution is -2.11. The van der Waals surface area contributed by atoms with Crippen molar-refractivity contribution in [3.8, 4) is 6.07 Å². The lowest BCUT2D eigenvalue weighted by molar-refractivity contribution is -0.142. The van der Waals surface area contributed by atoms with Crippen molar-refractivity contribution in [2.75, 3.05) is 6.61 Å². The second-order valence-corrected chi connectivity index (χ2v) is 4.42. The predicted molar refractivity (Wildman–Crippen MR) is 73.5 cm³/mol. The average Bonchev–Trinajstić information content (AvgIpc) is 2.39. The summed E-state index contributed by atoms with van der Waals surface area (Å²) in [5.41, 5.74) is 3.45. The van der Waals surface area contributed by atoms with E-state index < -0.39 is 0 Å². The Morgan fingerprint density at radius 2 is 2.17 bits per heavy atom. The molecule has 3 nitrogen and oxygen atoms in total. The Morgan fingerprint density at radius 3 is 2.67 bits per heavy atom. The molecule has 0 spiro atoms. The summed E-state index contributed by atoms with van der Waals surface area (Å²) in [5, 5.41) is 9.89. The van der Waals surface area contributed by atoms with E-state index in [0.717, 1.165) is 23.1 Å². The standard InChI is InChI=1S/C14H16BrNO2/c1-3-11-5-10(8-15)6-12(9-16)13(11)7-14(17)18-4-2/h5-6H,3-4,7-8H2,1-2H3. The molecule has 1 aromatic rings. The monoisotopic (exact) mass is 309 g/mol. The van der Waals surface area contributed by atoms with Crippen LogP contribution in [0.1, 0.15) is 36.1 Å². The highest BCUT2D eigenvalue weighted by Gasteiger charge is 2.14. The minimum atomic E-state index is -0.282. The van der Waals surface area contributed by atoms with Crippen LogP contribution in [-0.2, 0) is 27.7 Å². The third-order valence-corrected chi connectivity index (χ3v) is 3.33. The zero-order chi connectivity index (χ0) is 13.5. The van der Waals surface area contributed by atoms with Gasteiger partial charge in [0.1, 0.15) is 0 Å². The molecule has 0 N–H and O–H groups in total. The molecule has 0 heterocycles. The van der Waals surface area contributed by atoms with Gasteiger partial charge in [-0.1, -0.05) is 28.9 Å². The molecule has 0 bridgehead atoms. The maximum absolute atomic E-state index is 11.6. The van der Waals surface area contributed by atoms with Crippen LogP contribution in [0.15, 0.2) is 12.1 Å². The van der Waals surface area contributed by atoms with Gasteiger partial charge in [-0.05, 0) is 36.1 Å². The Bertz CT molecular complexity index is 477. The van der Waals surface area contributed by atoms with Gasteiger partial charge < -0.3 is 4.74 Å². The quantitative estimate of drug-likeness (QED) is 0.620. The smallest absolute Gasteiger partial charge is 0.310 e. The molecule has 96 valence electrons. The van der Waals surface area contributed by atoms with Gasteiger partial charge in [0, 0.05) is 5.33 Å². The molecule has 0 fully saturated rings. The fourth-order valence-electron chi connectivity index (χ4n) is 1.86. The number of rotatable bonds is 5. The van der Waals surface area contributed by atoms with Crippen molar-refractivity contribution in [3.63, 3.8) is 0 Å². The maximum atomic E-state index is 11.6. The largest absolute Gasteiger partial charge is 0.466 e. The Morgan fingerprint density at radius 1 is 1.44 bits per heavy atom. The second-order valence-electron chi connectivity index (χ2n) is 3.86. The molecule has 18 heavy (non-hydrogen) atoms. The number of carbonyl (C=O) groups is 1.